The molecular formula is C44H26N4. The lowest BCUT2D eigenvalue weighted by molar-refractivity contribution is 1.21. The van der Waals surface area contributed by atoms with Gasteiger partial charge in [-0.3, -0.25) is 0 Å². The van der Waals surface area contributed by atoms with Gasteiger partial charge < -0.3 is 0 Å². The fraction of sp³-hybridized carbons (Fsp3) is 0. The van der Waals surface area contributed by atoms with Crippen molar-refractivity contribution in [3.05, 3.63) is 158 Å². The molecule has 0 bridgehead atoms. The van der Waals surface area contributed by atoms with Crippen molar-refractivity contribution >= 4 is 32.6 Å². The number of fused-ring (bicyclic) bond motifs is 14. The van der Waals surface area contributed by atoms with Crippen molar-refractivity contribution in [2.45, 2.75) is 0 Å². The predicted molar refractivity (Wildman–Crippen MR) is 196 cm³/mol. The topological polar surface area (TPSA) is 51.6 Å². The van der Waals surface area contributed by atoms with Crippen LogP contribution in [0.3, 0.4) is 0 Å². The lowest BCUT2D eigenvalue weighted by Gasteiger charge is -2.23. The highest BCUT2D eigenvalue weighted by molar-refractivity contribution is 6.23. The van der Waals surface area contributed by atoms with E-state index in [-0.39, 0.29) is 0 Å². The Labute approximate surface area is 277 Å². The molecule has 0 N–H and O–H groups in total. The van der Waals surface area contributed by atoms with Crippen LogP contribution in [0.4, 0.5) is 0 Å². The van der Waals surface area contributed by atoms with Gasteiger partial charge in [-0.25, -0.2) is 19.9 Å². The van der Waals surface area contributed by atoms with Crippen LogP contribution in [0.1, 0.15) is 0 Å². The summed E-state index contributed by atoms with van der Waals surface area (Å²) in [6, 6.07) is 51.2. The number of rotatable bonds is 2. The van der Waals surface area contributed by atoms with Crippen LogP contribution in [-0.2, 0) is 0 Å². The molecule has 2 aromatic heterocycles. The molecule has 0 radical (unpaired) electrons. The van der Waals surface area contributed by atoms with Crippen LogP contribution in [0.2, 0.25) is 0 Å². The van der Waals surface area contributed by atoms with E-state index in [9.17, 15) is 0 Å². The minimum atomic E-state index is 0.662. The zero-order chi connectivity index (χ0) is 31.6. The highest BCUT2D eigenvalue weighted by atomic mass is 14.9. The summed E-state index contributed by atoms with van der Waals surface area (Å²) in [6.07, 6.45) is 3.89. The molecule has 2 heterocycles. The van der Waals surface area contributed by atoms with Gasteiger partial charge >= 0.3 is 0 Å². The summed E-state index contributed by atoms with van der Waals surface area (Å²) in [4.78, 5) is 20.2. The summed E-state index contributed by atoms with van der Waals surface area (Å²) in [5, 5.41) is 4.13. The summed E-state index contributed by atoms with van der Waals surface area (Å²) in [5.74, 6) is 1.34. The average molecular weight is 611 g/mol. The Balaban J connectivity index is 1.23. The molecule has 0 saturated carbocycles. The second-order valence-electron chi connectivity index (χ2n) is 12.2. The molecule has 10 rings (SSSR count). The standard InChI is InChI=1S/C44H26N4/c1-2-12-27(13-3-1)43-45-25-39-35-20-10-11-21-36(35)40-26-46-44(48-42(40)41(39)47-43)28-22-23-37-33-18-7-6-16-31(33)29-14-4-5-15-30(29)32-17-8-9-19-34(32)38(37)24-28/h1-26H. The maximum absolute atomic E-state index is 5.28. The van der Waals surface area contributed by atoms with E-state index in [1.54, 1.807) is 0 Å². The van der Waals surface area contributed by atoms with E-state index in [0.29, 0.717) is 11.6 Å². The Hall–Kier alpha value is -6.52. The maximum atomic E-state index is 5.28. The first-order chi connectivity index (χ1) is 23.8. The van der Waals surface area contributed by atoms with Gasteiger partial charge in [-0.15, -0.1) is 0 Å². The van der Waals surface area contributed by atoms with E-state index in [1.807, 2.05) is 42.7 Å². The Morgan fingerprint density at radius 3 is 1.19 bits per heavy atom. The Kier molecular flexibility index (Phi) is 5.84. The largest absolute Gasteiger partial charge is 0.236 e. The molecular weight excluding hydrogens is 585 g/mol. The van der Waals surface area contributed by atoms with Gasteiger partial charge in [0.05, 0.1) is 0 Å². The van der Waals surface area contributed by atoms with Gasteiger partial charge in [-0.05, 0) is 61.3 Å². The number of aromatic nitrogens is 4. The molecule has 0 spiro atoms. The molecule has 4 nitrogen and oxygen atoms in total. The second-order valence-corrected chi connectivity index (χ2v) is 12.2. The van der Waals surface area contributed by atoms with Gasteiger partial charge in [0.15, 0.2) is 11.6 Å². The zero-order valence-electron chi connectivity index (χ0n) is 25.8. The number of hydrogen-bond acceptors (Lipinski definition) is 4. The normalized spacial score (nSPS) is 11.8. The minimum Gasteiger partial charge on any atom is -0.236 e. The van der Waals surface area contributed by atoms with Gasteiger partial charge in [0.25, 0.3) is 0 Å². The van der Waals surface area contributed by atoms with Crippen molar-refractivity contribution in [1.82, 2.24) is 19.9 Å². The summed E-state index contributed by atoms with van der Waals surface area (Å²) >= 11 is 0. The SMILES string of the molecule is c1ccc(-c2ncc3c4ccccc4c4cnc(-c5ccc6c(c5)-c5ccccc5-c5ccccc5-c5ccccc5-6)nc4c3n2)cc1. The zero-order valence-corrected chi connectivity index (χ0v) is 25.8. The van der Waals surface area contributed by atoms with Gasteiger partial charge in [0.2, 0.25) is 0 Å². The van der Waals surface area contributed by atoms with Crippen LogP contribution in [0, 0.1) is 0 Å². The quantitative estimate of drug-likeness (QED) is 0.183. The van der Waals surface area contributed by atoms with Crippen molar-refractivity contribution in [1.29, 1.82) is 0 Å². The van der Waals surface area contributed by atoms with Gasteiger partial charge in [-0.1, -0.05) is 140 Å². The van der Waals surface area contributed by atoms with Gasteiger partial charge in [0, 0.05) is 34.3 Å². The van der Waals surface area contributed by atoms with Gasteiger partial charge in [0.1, 0.15) is 11.0 Å². The third kappa shape index (κ3) is 4.03. The van der Waals surface area contributed by atoms with Crippen LogP contribution < -0.4 is 0 Å². The molecule has 9 aromatic rings. The van der Waals surface area contributed by atoms with E-state index < -0.39 is 0 Å². The molecule has 1 aliphatic rings. The van der Waals surface area contributed by atoms with Crippen molar-refractivity contribution in [3.63, 3.8) is 0 Å². The van der Waals surface area contributed by atoms with Crippen LogP contribution in [0.25, 0.3) is 99.9 Å². The lowest BCUT2D eigenvalue weighted by Crippen LogP contribution is -1.99. The second kappa shape index (κ2) is 10.5. The Bertz CT molecular complexity index is 2730. The molecule has 0 atom stereocenters. The molecule has 0 unspecified atom stereocenters. The van der Waals surface area contributed by atoms with Crippen molar-refractivity contribution in [2.24, 2.45) is 0 Å². The third-order valence-electron chi connectivity index (χ3n) is 9.56. The fourth-order valence-electron chi connectivity index (χ4n) is 7.34. The van der Waals surface area contributed by atoms with Gasteiger partial charge in [-0.2, -0.15) is 0 Å². The summed E-state index contributed by atoms with van der Waals surface area (Å²) in [6.45, 7) is 0. The summed E-state index contributed by atoms with van der Waals surface area (Å²) in [5.41, 5.74) is 13.2. The van der Waals surface area contributed by atoms with Crippen LogP contribution in [-0.4, -0.2) is 19.9 Å². The first-order valence-electron chi connectivity index (χ1n) is 16.1. The highest BCUT2D eigenvalue weighted by Crippen LogP contribution is 2.48. The maximum Gasteiger partial charge on any atom is 0.159 e. The van der Waals surface area contributed by atoms with E-state index >= 15 is 0 Å². The molecule has 48 heavy (non-hydrogen) atoms. The minimum absolute atomic E-state index is 0.662. The van der Waals surface area contributed by atoms with Crippen LogP contribution in [0.15, 0.2) is 158 Å². The summed E-state index contributed by atoms with van der Waals surface area (Å²) in [7, 11) is 0. The molecule has 0 saturated heterocycles. The number of hydrogen-bond donors (Lipinski definition) is 0. The van der Waals surface area contributed by atoms with Crippen LogP contribution in [0.5, 0.6) is 0 Å². The number of benzene rings is 7. The highest BCUT2D eigenvalue weighted by Gasteiger charge is 2.22. The molecule has 1 aliphatic carbocycles. The van der Waals surface area contributed by atoms with Crippen molar-refractivity contribution in [3.8, 4) is 67.3 Å². The van der Waals surface area contributed by atoms with Crippen molar-refractivity contribution < 1.29 is 0 Å². The fourth-order valence-corrected chi connectivity index (χ4v) is 7.34. The van der Waals surface area contributed by atoms with E-state index in [1.165, 1.54) is 38.9 Å². The first-order valence-corrected chi connectivity index (χ1v) is 16.1. The van der Waals surface area contributed by atoms with E-state index in [4.69, 9.17) is 19.9 Å². The predicted octanol–water partition coefficient (Wildman–Crippen LogP) is 11.0. The lowest BCUT2D eigenvalue weighted by atomic mass is 9.80. The molecule has 222 valence electrons. The first kappa shape index (κ1) is 26.7. The van der Waals surface area contributed by atoms with Crippen LogP contribution >= 0.6 is 0 Å². The third-order valence-corrected chi connectivity index (χ3v) is 9.56. The molecule has 4 heteroatoms. The summed E-state index contributed by atoms with van der Waals surface area (Å²) < 4.78 is 0. The van der Waals surface area contributed by atoms with Crippen molar-refractivity contribution in [2.75, 3.05) is 0 Å². The average Bonchev–Trinajstić information content (AvgIpc) is 3.17. The Morgan fingerprint density at radius 2 is 0.688 bits per heavy atom. The number of nitrogens with zero attached hydrogens (tertiary/aromatic N) is 4. The molecule has 0 aliphatic heterocycles. The molecule has 7 aromatic carbocycles. The Morgan fingerprint density at radius 1 is 0.292 bits per heavy atom. The molecule has 0 fully saturated rings. The monoisotopic (exact) mass is 610 g/mol. The molecule has 0 amide bonds. The smallest absolute Gasteiger partial charge is 0.159 e. The van der Waals surface area contributed by atoms with E-state index in [2.05, 4.69) is 115 Å². The van der Waals surface area contributed by atoms with E-state index in [0.717, 1.165) is 49.3 Å².